The van der Waals surface area contributed by atoms with E-state index < -0.39 is 21.9 Å². The third-order valence-corrected chi connectivity index (χ3v) is 7.91. The number of anilines is 1. The van der Waals surface area contributed by atoms with E-state index in [2.05, 4.69) is 5.32 Å². The molecule has 0 fully saturated rings. The lowest BCUT2D eigenvalue weighted by atomic mass is 10.0. The number of carbonyl (C=O) groups excluding carboxylic acids is 2. The van der Waals surface area contributed by atoms with E-state index in [0.717, 1.165) is 11.8 Å². The standard InChI is InChI=1S/C32H40FN3O5S/c1-24(2)22-34-32(38)30(20-25-10-6-5-7-11-25)35(23-26-15-17-27(33)18-16-26)31(37)14-9-19-36(42(4,39)40)28-12-8-13-29(21-28)41-3/h5-8,10-13,15-18,21,24,30H,9,14,19-20,22-23H2,1-4H3,(H,34,38)/t30-/m1/s1. The molecule has 1 atom stereocenters. The molecular formula is C32H40FN3O5S. The van der Waals surface area contributed by atoms with Crippen LogP contribution in [0, 0.1) is 11.7 Å². The first kappa shape index (κ1) is 32.6. The van der Waals surface area contributed by atoms with Crippen molar-refractivity contribution < 1.29 is 27.1 Å². The highest BCUT2D eigenvalue weighted by Gasteiger charge is 2.30. The molecule has 10 heteroatoms. The first-order valence-electron chi connectivity index (χ1n) is 13.9. The predicted molar refractivity (Wildman–Crippen MR) is 163 cm³/mol. The monoisotopic (exact) mass is 597 g/mol. The van der Waals surface area contributed by atoms with Crippen molar-refractivity contribution in [1.82, 2.24) is 10.2 Å². The number of nitrogens with one attached hydrogen (secondary N) is 1. The van der Waals surface area contributed by atoms with E-state index in [9.17, 15) is 22.4 Å². The fraction of sp³-hybridized carbons (Fsp3) is 0.375. The van der Waals surface area contributed by atoms with Crippen LogP contribution < -0.4 is 14.4 Å². The van der Waals surface area contributed by atoms with Gasteiger partial charge in [-0.1, -0.05) is 62.4 Å². The number of amides is 2. The minimum atomic E-state index is -3.65. The first-order chi connectivity index (χ1) is 20.0. The Morgan fingerprint density at radius 1 is 0.952 bits per heavy atom. The van der Waals surface area contributed by atoms with Crippen LogP contribution in [0.4, 0.5) is 10.1 Å². The zero-order valence-corrected chi connectivity index (χ0v) is 25.4. The summed E-state index contributed by atoms with van der Waals surface area (Å²) in [6.07, 6.45) is 1.62. The molecule has 0 aromatic heterocycles. The maximum atomic E-state index is 13.8. The van der Waals surface area contributed by atoms with Gasteiger partial charge in [-0.15, -0.1) is 0 Å². The van der Waals surface area contributed by atoms with Gasteiger partial charge in [0.15, 0.2) is 0 Å². The maximum Gasteiger partial charge on any atom is 0.243 e. The van der Waals surface area contributed by atoms with E-state index in [1.54, 1.807) is 36.4 Å². The summed E-state index contributed by atoms with van der Waals surface area (Å²) in [6, 6.07) is 21.2. The van der Waals surface area contributed by atoms with Crippen molar-refractivity contribution in [1.29, 1.82) is 0 Å². The van der Waals surface area contributed by atoms with Gasteiger partial charge in [0.05, 0.1) is 19.1 Å². The van der Waals surface area contributed by atoms with E-state index in [1.807, 2.05) is 44.2 Å². The zero-order chi connectivity index (χ0) is 30.7. The van der Waals surface area contributed by atoms with Crippen LogP contribution in [-0.2, 0) is 32.6 Å². The highest BCUT2D eigenvalue weighted by molar-refractivity contribution is 7.92. The van der Waals surface area contributed by atoms with Crippen molar-refractivity contribution in [3.8, 4) is 5.75 Å². The molecule has 0 saturated heterocycles. The Morgan fingerprint density at radius 2 is 1.64 bits per heavy atom. The van der Waals surface area contributed by atoms with Gasteiger partial charge in [-0.05, 0) is 47.7 Å². The second-order valence-electron chi connectivity index (χ2n) is 10.6. The molecule has 42 heavy (non-hydrogen) atoms. The number of methoxy groups -OCH3 is 1. The number of sulfonamides is 1. The smallest absolute Gasteiger partial charge is 0.243 e. The van der Waals surface area contributed by atoms with Crippen LogP contribution in [0.25, 0.3) is 0 Å². The van der Waals surface area contributed by atoms with Crippen LogP contribution in [0.15, 0.2) is 78.9 Å². The Bertz CT molecular complexity index is 1420. The number of hydrogen-bond acceptors (Lipinski definition) is 5. The first-order valence-corrected chi connectivity index (χ1v) is 15.8. The summed E-state index contributed by atoms with van der Waals surface area (Å²) in [4.78, 5) is 28.9. The van der Waals surface area contributed by atoms with Gasteiger partial charge in [-0.2, -0.15) is 0 Å². The Balaban J connectivity index is 1.88. The number of carbonyl (C=O) groups is 2. The Labute approximate surface area is 248 Å². The van der Waals surface area contributed by atoms with Gasteiger partial charge in [0, 0.05) is 38.5 Å². The second-order valence-corrected chi connectivity index (χ2v) is 12.5. The molecule has 1 N–H and O–H groups in total. The van der Waals surface area contributed by atoms with E-state index >= 15 is 0 Å². The van der Waals surface area contributed by atoms with Crippen LogP contribution in [0.1, 0.15) is 37.8 Å². The molecule has 226 valence electrons. The number of rotatable bonds is 15. The molecule has 3 aromatic rings. The van der Waals surface area contributed by atoms with E-state index in [-0.39, 0.29) is 50.1 Å². The lowest BCUT2D eigenvalue weighted by Gasteiger charge is -2.32. The molecular weight excluding hydrogens is 557 g/mol. The number of nitrogens with zero attached hydrogens (tertiary/aromatic N) is 2. The lowest BCUT2D eigenvalue weighted by molar-refractivity contribution is -0.141. The number of ether oxygens (including phenoxy) is 1. The molecule has 0 heterocycles. The van der Waals surface area contributed by atoms with Gasteiger partial charge in [-0.25, -0.2) is 12.8 Å². The Morgan fingerprint density at radius 3 is 2.26 bits per heavy atom. The molecule has 3 aromatic carbocycles. The Kier molecular flexibility index (Phi) is 11.9. The van der Waals surface area contributed by atoms with Gasteiger partial charge >= 0.3 is 0 Å². The fourth-order valence-electron chi connectivity index (χ4n) is 4.53. The van der Waals surface area contributed by atoms with Crippen molar-refractivity contribution in [3.05, 3.63) is 95.8 Å². The molecule has 0 saturated carbocycles. The van der Waals surface area contributed by atoms with Crippen molar-refractivity contribution in [2.75, 3.05) is 30.8 Å². The zero-order valence-electron chi connectivity index (χ0n) is 24.6. The normalized spacial score (nSPS) is 12.0. The summed E-state index contributed by atoms with van der Waals surface area (Å²) >= 11 is 0. The maximum absolute atomic E-state index is 13.8. The summed E-state index contributed by atoms with van der Waals surface area (Å²) in [5.74, 6) is -0.258. The summed E-state index contributed by atoms with van der Waals surface area (Å²) in [7, 11) is -2.15. The third-order valence-electron chi connectivity index (χ3n) is 6.72. The van der Waals surface area contributed by atoms with Crippen molar-refractivity contribution in [2.24, 2.45) is 5.92 Å². The minimum Gasteiger partial charge on any atom is -0.497 e. The Hall–Kier alpha value is -3.92. The quantitative estimate of drug-likeness (QED) is 0.272. The summed E-state index contributed by atoms with van der Waals surface area (Å²) in [6.45, 7) is 4.59. The van der Waals surface area contributed by atoms with E-state index in [0.29, 0.717) is 23.5 Å². The number of hydrogen-bond donors (Lipinski definition) is 1. The second kappa shape index (κ2) is 15.3. The van der Waals surface area contributed by atoms with E-state index in [1.165, 1.54) is 28.4 Å². The van der Waals surface area contributed by atoms with Gasteiger partial charge in [0.25, 0.3) is 0 Å². The van der Waals surface area contributed by atoms with Gasteiger partial charge in [0.2, 0.25) is 21.8 Å². The van der Waals surface area contributed by atoms with Crippen LogP contribution in [0.5, 0.6) is 5.75 Å². The average Bonchev–Trinajstić information content (AvgIpc) is 2.96. The molecule has 0 spiro atoms. The number of halogens is 1. The highest BCUT2D eigenvalue weighted by atomic mass is 32.2. The molecule has 0 bridgehead atoms. The molecule has 3 rings (SSSR count). The van der Waals surface area contributed by atoms with Crippen molar-refractivity contribution in [3.63, 3.8) is 0 Å². The SMILES string of the molecule is COc1cccc(N(CCCC(=O)N(Cc2ccc(F)cc2)[C@H](Cc2ccccc2)C(=O)NCC(C)C)S(C)(=O)=O)c1. The fourth-order valence-corrected chi connectivity index (χ4v) is 5.49. The van der Waals surface area contributed by atoms with Gasteiger partial charge in [0.1, 0.15) is 17.6 Å². The van der Waals surface area contributed by atoms with Crippen LogP contribution in [0.2, 0.25) is 0 Å². The molecule has 0 radical (unpaired) electrons. The van der Waals surface area contributed by atoms with Crippen molar-refractivity contribution >= 4 is 27.5 Å². The number of benzene rings is 3. The summed E-state index contributed by atoms with van der Waals surface area (Å²) in [5, 5.41) is 2.97. The minimum absolute atomic E-state index is 0.0000661. The third kappa shape index (κ3) is 9.87. The van der Waals surface area contributed by atoms with Crippen LogP contribution in [-0.4, -0.2) is 57.6 Å². The average molecular weight is 598 g/mol. The molecule has 0 aliphatic carbocycles. The summed E-state index contributed by atoms with van der Waals surface area (Å²) < 4.78 is 45.4. The molecule has 2 amide bonds. The topological polar surface area (TPSA) is 96.0 Å². The van der Waals surface area contributed by atoms with E-state index in [4.69, 9.17) is 4.74 Å². The lowest BCUT2D eigenvalue weighted by Crippen LogP contribution is -2.51. The van der Waals surface area contributed by atoms with Crippen molar-refractivity contribution in [2.45, 2.75) is 45.7 Å². The molecule has 0 aliphatic rings. The molecule has 0 unspecified atom stereocenters. The van der Waals surface area contributed by atoms with Crippen LogP contribution in [0.3, 0.4) is 0 Å². The molecule has 0 aliphatic heterocycles. The summed E-state index contributed by atoms with van der Waals surface area (Å²) in [5.41, 5.74) is 2.00. The largest absolute Gasteiger partial charge is 0.497 e. The predicted octanol–water partition coefficient (Wildman–Crippen LogP) is 4.79. The van der Waals surface area contributed by atoms with Crippen LogP contribution >= 0.6 is 0 Å². The van der Waals surface area contributed by atoms with Gasteiger partial charge in [-0.3, -0.25) is 13.9 Å². The highest BCUT2D eigenvalue weighted by Crippen LogP contribution is 2.24. The van der Waals surface area contributed by atoms with Gasteiger partial charge < -0.3 is 15.0 Å². The molecule has 8 nitrogen and oxygen atoms in total.